The molecule has 0 aliphatic carbocycles. The number of rotatable bonds is 2. The minimum atomic E-state index is -0.211. The van der Waals surface area contributed by atoms with E-state index >= 15 is 0 Å². The largest absolute Gasteiger partial charge is 0.382 e. The van der Waals surface area contributed by atoms with E-state index in [9.17, 15) is 4.79 Å². The molecule has 0 aromatic heterocycles. The summed E-state index contributed by atoms with van der Waals surface area (Å²) in [6.45, 7) is 0. The Morgan fingerprint density at radius 2 is 1.55 bits per heavy atom. The van der Waals surface area contributed by atoms with E-state index in [-0.39, 0.29) is 11.7 Å². The van der Waals surface area contributed by atoms with Crippen molar-refractivity contribution in [3.05, 3.63) is 71.8 Å². The lowest BCUT2D eigenvalue weighted by atomic mass is 10.1. The normalized spacial score (nSPS) is 16.6. The van der Waals surface area contributed by atoms with E-state index in [1.807, 2.05) is 60.7 Å². The zero-order valence-electron chi connectivity index (χ0n) is 10.7. The predicted molar refractivity (Wildman–Crippen MR) is 80.0 cm³/mol. The van der Waals surface area contributed by atoms with Crippen LogP contribution in [0.5, 0.6) is 0 Å². The number of hydrazone groups is 1. The molecular weight excluding hydrogens is 250 g/mol. The monoisotopic (exact) mass is 263 g/mol. The maximum Gasteiger partial charge on any atom is 0.282 e. The first kappa shape index (κ1) is 12.2. The molecule has 20 heavy (non-hydrogen) atoms. The summed E-state index contributed by atoms with van der Waals surface area (Å²) in [5, 5.41) is 5.45. The number of benzene rings is 2. The van der Waals surface area contributed by atoms with Crippen LogP contribution in [0.1, 0.15) is 5.56 Å². The van der Waals surface area contributed by atoms with Gasteiger partial charge in [0, 0.05) is 0 Å². The van der Waals surface area contributed by atoms with Crippen LogP contribution in [0.2, 0.25) is 0 Å². The van der Waals surface area contributed by atoms with Crippen LogP contribution in [-0.4, -0.2) is 11.7 Å². The SMILES string of the molecule is NC1=NN(c2ccccc2)C(=O)C1=Cc1ccccc1. The molecule has 0 radical (unpaired) electrons. The van der Waals surface area contributed by atoms with Gasteiger partial charge in [-0.3, -0.25) is 4.79 Å². The molecule has 0 fully saturated rings. The Hall–Kier alpha value is -2.88. The third-order valence-electron chi connectivity index (χ3n) is 3.02. The smallest absolute Gasteiger partial charge is 0.282 e. The number of anilines is 1. The molecule has 2 aromatic carbocycles. The van der Waals surface area contributed by atoms with Crippen LogP contribution in [0.4, 0.5) is 5.69 Å². The van der Waals surface area contributed by atoms with Crippen molar-refractivity contribution in [3.8, 4) is 0 Å². The fourth-order valence-corrected chi connectivity index (χ4v) is 2.03. The second-order valence-electron chi connectivity index (χ2n) is 4.41. The van der Waals surface area contributed by atoms with Crippen LogP contribution in [0.3, 0.4) is 0 Å². The van der Waals surface area contributed by atoms with Crippen LogP contribution in [0, 0.1) is 0 Å². The molecule has 0 saturated heterocycles. The second kappa shape index (κ2) is 5.01. The number of nitrogens with two attached hydrogens (primary N) is 1. The van der Waals surface area contributed by atoms with Gasteiger partial charge < -0.3 is 5.73 Å². The van der Waals surface area contributed by atoms with E-state index < -0.39 is 0 Å². The van der Waals surface area contributed by atoms with E-state index in [0.29, 0.717) is 11.3 Å². The summed E-state index contributed by atoms with van der Waals surface area (Å²) in [5.74, 6) is 0.0280. The van der Waals surface area contributed by atoms with Gasteiger partial charge in [-0.2, -0.15) is 5.01 Å². The van der Waals surface area contributed by atoms with E-state index in [0.717, 1.165) is 5.56 Å². The van der Waals surface area contributed by atoms with Gasteiger partial charge in [0.15, 0.2) is 5.84 Å². The van der Waals surface area contributed by atoms with Crippen molar-refractivity contribution in [2.75, 3.05) is 5.01 Å². The highest BCUT2D eigenvalue weighted by Gasteiger charge is 2.29. The number of para-hydroxylation sites is 1. The lowest BCUT2D eigenvalue weighted by Gasteiger charge is -2.10. The average molecular weight is 263 g/mol. The summed E-state index contributed by atoms with van der Waals surface area (Å²) >= 11 is 0. The lowest BCUT2D eigenvalue weighted by molar-refractivity contribution is -0.114. The Kier molecular flexibility index (Phi) is 3.05. The first-order valence-electron chi connectivity index (χ1n) is 6.26. The highest BCUT2D eigenvalue weighted by Crippen LogP contribution is 2.23. The first-order valence-corrected chi connectivity index (χ1v) is 6.26. The molecule has 1 aliphatic heterocycles. The third-order valence-corrected chi connectivity index (χ3v) is 3.02. The second-order valence-corrected chi connectivity index (χ2v) is 4.41. The summed E-state index contributed by atoms with van der Waals surface area (Å²) in [5.41, 5.74) is 7.91. The molecule has 4 heteroatoms. The molecule has 98 valence electrons. The number of nitrogens with zero attached hydrogens (tertiary/aromatic N) is 2. The van der Waals surface area contributed by atoms with Gasteiger partial charge in [-0.25, -0.2) is 0 Å². The Labute approximate surface area is 116 Å². The Morgan fingerprint density at radius 3 is 2.20 bits per heavy atom. The number of carbonyl (C=O) groups is 1. The van der Waals surface area contributed by atoms with Crippen molar-refractivity contribution < 1.29 is 4.79 Å². The Morgan fingerprint density at radius 1 is 0.950 bits per heavy atom. The molecular formula is C16H13N3O. The quantitative estimate of drug-likeness (QED) is 0.846. The molecule has 0 spiro atoms. The molecule has 1 amide bonds. The molecule has 0 bridgehead atoms. The summed E-state index contributed by atoms with van der Waals surface area (Å²) in [6.07, 6.45) is 1.75. The first-order chi connectivity index (χ1) is 9.75. The number of amidine groups is 1. The molecule has 0 unspecified atom stereocenters. The van der Waals surface area contributed by atoms with Gasteiger partial charge in [0.05, 0.1) is 11.3 Å². The van der Waals surface area contributed by atoms with Crippen molar-refractivity contribution in [1.29, 1.82) is 0 Å². The lowest BCUT2D eigenvalue weighted by Crippen LogP contribution is -2.22. The minimum absolute atomic E-state index is 0.211. The van der Waals surface area contributed by atoms with Crippen LogP contribution < -0.4 is 10.7 Å². The number of hydrogen-bond donors (Lipinski definition) is 1. The Bertz CT molecular complexity index is 690. The van der Waals surface area contributed by atoms with Gasteiger partial charge in [-0.15, -0.1) is 5.10 Å². The van der Waals surface area contributed by atoms with Gasteiger partial charge in [0.1, 0.15) is 0 Å². The zero-order valence-corrected chi connectivity index (χ0v) is 10.7. The molecule has 2 aromatic rings. The van der Waals surface area contributed by atoms with Gasteiger partial charge in [0.2, 0.25) is 0 Å². The highest BCUT2D eigenvalue weighted by molar-refractivity contribution is 6.31. The molecule has 0 saturated carbocycles. The fraction of sp³-hybridized carbons (Fsp3) is 0. The molecule has 2 N–H and O–H groups in total. The Balaban J connectivity index is 1.96. The number of amides is 1. The summed E-state index contributed by atoms with van der Waals surface area (Å²) in [4.78, 5) is 12.4. The molecule has 0 atom stereocenters. The van der Waals surface area contributed by atoms with Crippen LogP contribution in [0.25, 0.3) is 6.08 Å². The summed E-state index contributed by atoms with van der Waals surface area (Å²) in [6, 6.07) is 18.8. The molecule has 1 heterocycles. The molecule has 1 aliphatic rings. The third kappa shape index (κ3) is 2.19. The average Bonchev–Trinajstić information content (AvgIpc) is 2.77. The predicted octanol–water partition coefficient (Wildman–Crippen LogP) is 2.39. The van der Waals surface area contributed by atoms with Crippen LogP contribution in [0.15, 0.2) is 71.3 Å². The standard InChI is InChI=1S/C16H13N3O/c17-15-14(11-12-7-3-1-4-8-12)16(20)19(18-15)13-9-5-2-6-10-13/h1-11H,(H2,17,18). The topological polar surface area (TPSA) is 58.7 Å². The summed E-state index contributed by atoms with van der Waals surface area (Å²) < 4.78 is 0. The highest BCUT2D eigenvalue weighted by atomic mass is 16.2. The van der Waals surface area contributed by atoms with Crippen molar-refractivity contribution in [2.24, 2.45) is 10.8 Å². The summed E-state index contributed by atoms with van der Waals surface area (Å²) in [7, 11) is 0. The number of hydrogen-bond acceptors (Lipinski definition) is 3. The van der Waals surface area contributed by atoms with E-state index in [1.54, 1.807) is 6.08 Å². The molecule has 4 nitrogen and oxygen atoms in total. The van der Waals surface area contributed by atoms with Gasteiger partial charge in [0.25, 0.3) is 5.91 Å². The van der Waals surface area contributed by atoms with E-state index in [2.05, 4.69) is 5.10 Å². The van der Waals surface area contributed by atoms with E-state index in [4.69, 9.17) is 5.73 Å². The van der Waals surface area contributed by atoms with Crippen molar-refractivity contribution in [2.45, 2.75) is 0 Å². The maximum absolute atomic E-state index is 12.4. The molecule has 3 rings (SSSR count). The van der Waals surface area contributed by atoms with Crippen molar-refractivity contribution in [3.63, 3.8) is 0 Å². The fourth-order valence-electron chi connectivity index (χ4n) is 2.03. The zero-order chi connectivity index (χ0) is 13.9. The minimum Gasteiger partial charge on any atom is -0.382 e. The van der Waals surface area contributed by atoms with Gasteiger partial charge >= 0.3 is 0 Å². The van der Waals surface area contributed by atoms with Crippen molar-refractivity contribution >= 4 is 23.5 Å². The van der Waals surface area contributed by atoms with Crippen LogP contribution >= 0.6 is 0 Å². The van der Waals surface area contributed by atoms with Crippen LogP contribution in [-0.2, 0) is 4.79 Å². The maximum atomic E-state index is 12.4. The van der Waals surface area contributed by atoms with E-state index in [1.165, 1.54) is 5.01 Å². The van der Waals surface area contributed by atoms with Gasteiger partial charge in [-0.05, 0) is 23.8 Å². The number of carbonyl (C=O) groups excluding carboxylic acids is 1. The van der Waals surface area contributed by atoms with Crippen molar-refractivity contribution in [1.82, 2.24) is 0 Å². The van der Waals surface area contributed by atoms with Gasteiger partial charge in [-0.1, -0.05) is 48.5 Å².